The number of benzene rings is 2. The summed E-state index contributed by atoms with van der Waals surface area (Å²) >= 11 is 13.5. The van der Waals surface area contributed by atoms with Gasteiger partial charge in [0.25, 0.3) is 0 Å². The highest BCUT2D eigenvalue weighted by molar-refractivity contribution is 7.14. The van der Waals surface area contributed by atoms with E-state index in [9.17, 15) is 9.59 Å². The van der Waals surface area contributed by atoms with Crippen molar-refractivity contribution < 1.29 is 9.59 Å². The molecule has 0 fully saturated rings. The zero-order chi connectivity index (χ0) is 21.3. The first kappa shape index (κ1) is 20.6. The normalized spacial score (nSPS) is 15.3. The molecule has 2 amide bonds. The summed E-state index contributed by atoms with van der Waals surface area (Å²) in [7, 11) is 0. The van der Waals surface area contributed by atoms with E-state index in [1.54, 1.807) is 29.2 Å². The molecule has 1 aliphatic heterocycles. The third-order valence-corrected chi connectivity index (χ3v) is 6.42. The van der Waals surface area contributed by atoms with Crippen molar-refractivity contribution >= 4 is 57.2 Å². The highest BCUT2D eigenvalue weighted by Gasteiger charge is 2.34. The highest BCUT2D eigenvalue weighted by Crippen LogP contribution is 2.36. The number of carbonyl (C=O) groups is 2. The average molecular weight is 458 g/mol. The van der Waals surface area contributed by atoms with Crippen LogP contribution < -0.4 is 10.2 Å². The van der Waals surface area contributed by atoms with Gasteiger partial charge in [0, 0.05) is 29.6 Å². The predicted octanol–water partition coefficient (Wildman–Crippen LogP) is 5.76. The molecule has 0 spiro atoms. The Morgan fingerprint density at radius 3 is 2.83 bits per heavy atom. The van der Waals surface area contributed by atoms with E-state index in [4.69, 9.17) is 23.2 Å². The Hall–Kier alpha value is -2.67. The molecule has 2 heterocycles. The molecule has 1 aromatic heterocycles. The van der Waals surface area contributed by atoms with Crippen LogP contribution in [-0.4, -0.2) is 23.3 Å². The van der Waals surface area contributed by atoms with Crippen molar-refractivity contribution in [3.8, 4) is 11.3 Å². The number of aromatic nitrogens is 1. The lowest BCUT2D eigenvalue weighted by atomic mass is 9.89. The van der Waals surface area contributed by atoms with Gasteiger partial charge >= 0.3 is 0 Å². The number of para-hydroxylation sites is 1. The van der Waals surface area contributed by atoms with Gasteiger partial charge in [0.05, 0.1) is 21.7 Å². The number of amides is 2. The number of carbonyl (C=O) groups excluding carboxylic acids is 2. The predicted molar refractivity (Wildman–Crippen MR) is 123 cm³/mol. The Kier molecular flexibility index (Phi) is 5.90. The first-order valence-corrected chi connectivity index (χ1v) is 10.8. The van der Waals surface area contributed by atoms with Gasteiger partial charge < -0.3 is 5.32 Å². The van der Waals surface area contributed by atoms with Gasteiger partial charge in [0.15, 0.2) is 5.13 Å². The second-order valence-corrected chi connectivity index (χ2v) is 8.42. The molecule has 30 heavy (non-hydrogen) atoms. The van der Waals surface area contributed by atoms with Crippen LogP contribution in [0.4, 0.5) is 10.8 Å². The van der Waals surface area contributed by atoms with E-state index in [2.05, 4.69) is 16.9 Å². The van der Waals surface area contributed by atoms with Crippen LogP contribution in [0.5, 0.6) is 0 Å². The van der Waals surface area contributed by atoms with Crippen molar-refractivity contribution in [1.82, 2.24) is 4.98 Å². The second-order valence-electron chi connectivity index (χ2n) is 6.77. The van der Waals surface area contributed by atoms with Gasteiger partial charge in [-0.3, -0.25) is 14.5 Å². The van der Waals surface area contributed by atoms with Crippen LogP contribution in [0.1, 0.15) is 17.9 Å². The quantitative estimate of drug-likeness (QED) is 0.495. The third-order valence-electron chi connectivity index (χ3n) is 4.81. The van der Waals surface area contributed by atoms with Gasteiger partial charge in [-0.05, 0) is 23.8 Å². The van der Waals surface area contributed by atoms with Crippen molar-refractivity contribution in [1.29, 1.82) is 0 Å². The van der Waals surface area contributed by atoms with E-state index in [-0.39, 0.29) is 24.8 Å². The van der Waals surface area contributed by atoms with Crippen LogP contribution in [0.2, 0.25) is 10.0 Å². The summed E-state index contributed by atoms with van der Waals surface area (Å²) in [6, 6.07) is 12.6. The monoisotopic (exact) mass is 457 g/mol. The summed E-state index contributed by atoms with van der Waals surface area (Å²) in [4.78, 5) is 31.8. The standard InChI is InChI=1S/C22H17Cl2N3O2S/c1-2-9-27(21(29)15-11-20(28)25-18-6-4-3-5-14(15)18)22-26-19(12-30-22)13-7-8-16(23)17(24)10-13/h2-8,10,12,15H,1,9,11H2,(H,25,28). The van der Waals surface area contributed by atoms with E-state index < -0.39 is 5.92 Å². The molecule has 152 valence electrons. The minimum Gasteiger partial charge on any atom is -0.326 e. The van der Waals surface area contributed by atoms with Crippen LogP contribution in [0.15, 0.2) is 60.5 Å². The van der Waals surface area contributed by atoms with E-state index in [0.29, 0.717) is 26.6 Å². The molecule has 0 radical (unpaired) electrons. The Labute approximate surface area is 188 Å². The van der Waals surface area contributed by atoms with E-state index in [1.165, 1.54) is 11.3 Å². The van der Waals surface area contributed by atoms with Crippen LogP contribution in [0, 0.1) is 0 Å². The van der Waals surface area contributed by atoms with Crippen LogP contribution >= 0.6 is 34.5 Å². The fourth-order valence-electron chi connectivity index (χ4n) is 3.39. The van der Waals surface area contributed by atoms with Crippen molar-refractivity contribution in [2.45, 2.75) is 12.3 Å². The number of fused-ring (bicyclic) bond motifs is 1. The summed E-state index contributed by atoms with van der Waals surface area (Å²) in [6.07, 6.45) is 1.74. The summed E-state index contributed by atoms with van der Waals surface area (Å²) in [5.74, 6) is -0.944. The number of rotatable bonds is 5. The molecule has 0 saturated carbocycles. The number of nitrogens with zero attached hydrogens (tertiary/aromatic N) is 2. The van der Waals surface area contributed by atoms with Crippen LogP contribution in [0.25, 0.3) is 11.3 Å². The molecule has 1 N–H and O–H groups in total. The minimum atomic E-state index is -0.577. The number of halogens is 2. The molecule has 1 unspecified atom stereocenters. The maximum absolute atomic E-state index is 13.5. The number of hydrogen-bond acceptors (Lipinski definition) is 4. The smallest absolute Gasteiger partial charge is 0.237 e. The van der Waals surface area contributed by atoms with Crippen molar-refractivity contribution in [3.05, 3.63) is 76.1 Å². The van der Waals surface area contributed by atoms with Gasteiger partial charge in [-0.25, -0.2) is 4.98 Å². The van der Waals surface area contributed by atoms with Crippen molar-refractivity contribution in [2.75, 3.05) is 16.8 Å². The molecule has 1 atom stereocenters. The minimum absolute atomic E-state index is 0.0918. The summed E-state index contributed by atoms with van der Waals surface area (Å²) in [6.45, 7) is 4.06. The molecule has 0 aliphatic carbocycles. The molecular formula is C22H17Cl2N3O2S. The van der Waals surface area contributed by atoms with Crippen LogP contribution in [-0.2, 0) is 9.59 Å². The summed E-state index contributed by atoms with van der Waals surface area (Å²) in [5.41, 5.74) is 2.97. The molecule has 1 aliphatic rings. The molecule has 0 saturated heterocycles. The Balaban J connectivity index is 1.67. The molecule has 2 aromatic carbocycles. The SMILES string of the molecule is C=CCN(C(=O)C1CC(=O)Nc2ccccc21)c1nc(-c2ccc(Cl)c(Cl)c2)cs1. The fourth-order valence-corrected chi connectivity index (χ4v) is 4.53. The zero-order valence-corrected chi connectivity index (χ0v) is 18.1. The number of anilines is 2. The van der Waals surface area contributed by atoms with Gasteiger partial charge in [-0.1, -0.05) is 53.5 Å². The molecule has 0 bridgehead atoms. The molecule has 5 nitrogen and oxygen atoms in total. The average Bonchev–Trinajstić information content (AvgIpc) is 3.22. The van der Waals surface area contributed by atoms with Crippen LogP contribution in [0.3, 0.4) is 0 Å². The number of hydrogen-bond donors (Lipinski definition) is 1. The first-order valence-electron chi connectivity index (χ1n) is 9.20. The molecule has 3 aromatic rings. The number of nitrogens with one attached hydrogen (secondary N) is 1. The Morgan fingerprint density at radius 1 is 1.27 bits per heavy atom. The number of thiazole rings is 1. The molecule has 4 rings (SSSR count). The van der Waals surface area contributed by atoms with Gasteiger partial charge in [0.2, 0.25) is 11.8 Å². The van der Waals surface area contributed by atoms with Gasteiger partial charge in [-0.2, -0.15) is 0 Å². The van der Waals surface area contributed by atoms with Gasteiger partial charge in [-0.15, -0.1) is 17.9 Å². The van der Waals surface area contributed by atoms with E-state index in [1.807, 2.05) is 29.6 Å². The summed E-state index contributed by atoms with van der Waals surface area (Å²) in [5, 5.41) is 6.12. The highest BCUT2D eigenvalue weighted by atomic mass is 35.5. The lowest BCUT2D eigenvalue weighted by Gasteiger charge is -2.28. The lowest BCUT2D eigenvalue weighted by molar-refractivity contribution is -0.124. The maximum Gasteiger partial charge on any atom is 0.237 e. The fraction of sp³-hybridized carbons (Fsp3) is 0.136. The Morgan fingerprint density at radius 2 is 2.07 bits per heavy atom. The third kappa shape index (κ3) is 3.99. The molecular weight excluding hydrogens is 441 g/mol. The van der Waals surface area contributed by atoms with Gasteiger partial charge in [0.1, 0.15) is 0 Å². The zero-order valence-electron chi connectivity index (χ0n) is 15.8. The molecule has 8 heteroatoms. The van der Waals surface area contributed by atoms with Crippen molar-refractivity contribution in [3.63, 3.8) is 0 Å². The first-order chi connectivity index (χ1) is 14.5. The summed E-state index contributed by atoms with van der Waals surface area (Å²) < 4.78 is 0. The lowest BCUT2D eigenvalue weighted by Crippen LogP contribution is -2.38. The Bertz CT molecular complexity index is 1140. The van der Waals surface area contributed by atoms with E-state index >= 15 is 0 Å². The largest absolute Gasteiger partial charge is 0.326 e. The van der Waals surface area contributed by atoms with E-state index in [0.717, 1.165) is 11.1 Å². The topological polar surface area (TPSA) is 62.3 Å². The second kappa shape index (κ2) is 8.60. The van der Waals surface area contributed by atoms with Crippen molar-refractivity contribution in [2.24, 2.45) is 0 Å². The maximum atomic E-state index is 13.5.